The molecule has 0 aliphatic carbocycles. The molecule has 0 aliphatic heterocycles. The summed E-state index contributed by atoms with van der Waals surface area (Å²) in [5.41, 5.74) is 2.34. The van der Waals surface area contributed by atoms with Crippen molar-refractivity contribution in [3.8, 4) is 5.75 Å². The maximum atomic E-state index is 12.7. The average Bonchev–Trinajstić information content (AvgIpc) is 2.88. The Hall–Kier alpha value is -4.13. The second-order valence-electron chi connectivity index (χ2n) is 7.64. The molecule has 0 saturated heterocycles. The number of ether oxygens (including phenoxy) is 2. The molecule has 2 N–H and O–H groups in total. The Bertz CT molecular complexity index is 1070. The zero-order valence-corrected chi connectivity index (χ0v) is 19.0. The maximum Gasteiger partial charge on any atom is 0.329 e. The molecule has 0 radical (unpaired) electrons. The van der Waals surface area contributed by atoms with E-state index in [4.69, 9.17) is 9.47 Å². The van der Waals surface area contributed by atoms with E-state index in [1.54, 1.807) is 37.4 Å². The van der Waals surface area contributed by atoms with Gasteiger partial charge in [-0.25, -0.2) is 4.79 Å². The first-order valence-electron chi connectivity index (χ1n) is 11.0. The van der Waals surface area contributed by atoms with Crippen LogP contribution in [0.15, 0.2) is 84.9 Å². The lowest BCUT2D eigenvalue weighted by Gasteiger charge is -2.18. The topological polar surface area (TPSA) is 93.7 Å². The molecule has 3 aromatic rings. The van der Waals surface area contributed by atoms with Gasteiger partial charge in [-0.2, -0.15) is 0 Å². The molecule has 7 nitrogen and oxygen atoms in total. The number of methoxy groups -OCH3 is 1. The van der Waals surface area contributed by atoms with Crippen LogP contribution in [0, 0.1) is 0 Å². The number of nitrogens with one attached hydrogen (secondary N) is 2. The Morgan fingerprint density at radius 1 is 0.824 bits per heavy atom. The third-order valence-corrected chi connectivity index (χ3v) is 5.15. The van der Waals surface area contributed by atoms with Gasteiger partial charge >= 0.3 is 5.97 Å². The summed E-state index contributed by atoms with van der Waals surface area (Å²) >= 11 is 0. The number of benzene rings is 3. The minimum absolute atomic E-state index is 0.247. The Morgan fingerprint density at radius 2 is 1.47 bits per heavy atom. The number of esters is 1. The van der Waals surface area contributed by atoms with E-state index in [9.17, 15) is 14.4 Å². The van der Waals surface area contributed by atoms with Gasteiger partial charge in [-0.15, -0.1) is 0 Å². The van der Waals surface area contributed by atoms with Gasteiger partial charge in [0.15, 0.2) is 6.61 Å². The molecule has 0 aliphatic rings. The summed E-state index contributed by atoms with van der Waals surface area (Å²) in [6, 6.07) is 24.6. The monoisotopic (exact) mass is 460 g/mol. The van der Waals surface area contributed by atoms with E-state index in [1.165, 1.54) is 0 Å². The van der Waals surface area contributed by atoms with Crippen LogP contribution in [0.5, 0.6) is 5.75 Å². The highest BCUT2D eigenvalue weighted by molar-refractivity contribution is 5.97. The van der Waals surface area contributed by atoms with Gasteiger partial charge in [-0.05, 0) is 41.8 Å². The van der Waals surface area contributed by atoms with Gasteiger partial charge in [0.1, 0.15) is 11.8 Å². The molecular weight excluding hydrogens is 432 g/mol. The second-order valence-corrected chi connectivity index (χ2v) is 7.64. The van der Waals surface area contributed by atoms with Crippen molar-refractivity contribution >= 4 is 17.8 Å². The van der Waals surface area contributed by atoms with Crippen LogP contribution in [0.1, 0.15) is 21.5 Å². The zero-order valence-electron chi connectivity index (χ0n) is 19.0. The highest BCUT2D eigenvalue weighted by atomic mass is 16.5. The molecule has 7 heteroatoms. The molecule has 0 fully saturated rings. The van der Waals surface area contributed by atoms with Crippen LogP contribution in [-0.2, 0) is 27.2 Å². The van der Waals surface area contributed by atoms with Crippen LogP contribution in [0.2, 0.25) is 0 Å². The van der Waals surface area contributed by atoms with E-state index in [1.807, 2.05) is 54.6 Å². The van der Waals surface area contributed by atoms with Crippen molar-refractivity contribution in [2.45, 2.75) is 18.9 Å². The molecule has 2 amide bonds. The first kappa shape index (κ1) is 24.5. The summed E-state index contributed by atoms with van der Waals surface area (Å²) < 4.78 is 10.4. The van der Waals surface area contributed by atoms with E-state index in [2.05, 4.69) is 10.6 Å². The molecule has 3 aromatic carbocycles. The smallest absolute Gasteiger partial charge is 0.329 e. The largest absolute Gasteiger partial charge is 0.497 e. The molecule has 0 bridgehead atoms. The molecule has 1 unspecified atom stereocenters. The van der Waals surface area contributed by atoms with Crippen LogP contribution in [0.25, 0.3) is 0 Å². The van der Waals surface area contributed by atoms with Gasteiger partial charge in [0.05, 0.1) is 7.11 Å². The lowest BCUT2D eigenvalue weighted by molar-refractivity contribution is -0.150. The Balaban J connectivity index is 1.51. The van der Waals surface area contributed by atoms with Gasteiger partial charge in [0.2, 0.25) is 0 Å². The van der Waals surface area contributed by atoms with Crippen LogP contribution < -0.4 is 15.4 Å². The second kappa shape index (κ2) is 12.8. The first-order chi connectivity index (χ1) is 16.5. The van der Waals surface area contributed by atoms with E-state index in [-0.39, 0.29) is 12.3 Å². The summed E-state index contributed by atoms with van der Waals surface area (Å²) in [4.78, 5) is 37.5. The third kappa shape index (κ3) is 7.78. The SMILES string of the molecule is COc1ccc(CCNC(=O)COC(=O)C(Cc2ccccc2)NC(=O)c2ccccc2)cc1. The molecule has 1 atom stereocenters. The molecule has 3 rings (SSSR count). The molecule has 0 spiro atoms. The van der Waals surface area contributed by atoms with Crippen molar-refractivity contribution in [3.05, 3.63) is 102 Å². The van der Waals surface area contributed by atoms with Crippen LogP contribution in [0.3, 0.4) is 0 Å². The van der Waals surface area contributed by atoms with Crippen molar-refractivity contribution in [3.63, 3.8) is 0 Å². The highest BCUT2D eigenvalue weighted by Gasteiger charge is 2.24. The predicted molar refractivity (Wildman–Crippen MR) is 129 cm³/mol. The Kier molecular flexibility index (Phi) is 9.22. The fourth-order valence-electron chi connectivity index (χ4n) is 3.30. The quantitative estimate of drug-likeness (QED) is 0.429. The summed E-state index contributed by atoms with van der Waals surface area (Å²) in [6.45, 7) is -0.0190. The van der Waals surface area contributed by atoms with Crippen molar-refractivity contribution in [2.75, 3.05) is 20.3 Å². The Morgan fingerprint density at radius 3 is 2.12 bits per heavy atom. The number of carbonyl (C=O) groups is 3. The number of carbonyl (C=O) groups excluding carboxylic acids is 3. The number of amides is 2. The summed E-state index contributed by atoms with van der Waals surface area (Å²) in [5.74, 6) is -0.695. The summed E-state index contributed by atoms with van der Waals surface area (Å²) in [5, 5.41) is 5.46. The number of rotatable bonds is 11. The van der Waals surface area contributed by atoms with Crippen molar-refractivity contribution in [1.29, 1.82) is 0 Å². The highest BCUT2D eigenvalue weighted by Crippen LogP contribution is 2.11. The summed E-state index contributed by atoms with van der Waals surface area (Å²) in [6.07, 6.45) is 0.880. The van der Waals surface area contributed by atoms with E-state index < -0.39 is 24.5 Å². The van der Waals surface area contributed by atoms with Gasteiger partial charge in [-0.1, -0.05) is 60.7 Å². The molecule has 0 saturated carbocycles. The lowest BCUT2D eigenvalue weighted by atomic mass is 10.1. The molecule has 176 valence electrons. The van der Waals surface area contributed by atoms with E-state index in [0.29, 0.717) is 18.5 Å². The van der Waals surface area contributed by atoms with E-state index in [0.717, 1.165) is 16.9 Å². The van der Waals surface area contributed by atoms with E-state index >= 15 is 0 Å². The first-order valence-corrected chi connectivity index (χ1v) is 11.0. The van der Waals surface area contributed by atoms with Crippen molar-refractivity contribution in [2.24, 2.45) is 0 Å². The third-order valence-electron chi connectivity index (χ3n) is 5.15. The van der Waals surface area contributed by atoms with Crippen LogP contribution >= 0.6 is 0 Å². The van der Waals surface area contributed by atoms with Gasteiger partial charge in [0.25, 0.3) is 11.8 Å². The number of hydrogen-bond acceptors (Lipinski definition) is 5. The van der Waals surface area contributed by atoms with Crippen molar-refractivity contribution in [1.82, 2.24) is 10.6 Å². The normalized spacial score (nSPS) is 11.2. The molecule has 34 heavy (non-hydrogen) atoms. The zero-order chi connectivity index (χ0) is 24.2. The molecule has 0 heterocycles. The summed E-state index contributed by atoms with van der Waals surface area (Å²) in [7, 11) is 1.61. The minimum atomic E-state index is -0.929. The van der Waals surface area contributed by atoms with Crippen LogP contribution in [-0.4, -0.2) is 44.1 Å². The van der Waals surface area contributed by atoms with Gasteiger partial charge in [-0.3, -0.25) is 9.59 Å². The minimum Gasteiger partial charge on any atom is -0.497 e. The average molecular weight is 461 g/mol. The fraction of sp³-hybridized carbons (Fsp3) is 0.222. The van der Waals surface area contributed by atoms with Crippen LogP contribution in [0.4, 0.5) is 0 Å². The number of hydrogen-bond donors (Lipinski definition) is 2. The maximum absolute atomic E-state index is 12.7. The Labute approximate surface area is 199 Å². The van der Waals surface area contributed by atoms with Gasteiger partial charge in [0, 0.05) is 18.5 Å². The predicted octanol–water partition coefficient (Wildman–Crippen LogP) is 2.94. The molecule has 0 aromatic heterocycles. The fourth-order valence-corrected chi connectivity index (χ4v) is 3.30. The standard InChI is InChI=1S/C27H28N2O5/c1-33-23-14-12-20(13-15-23)16-17-28-25(30)19-34-27(32)24(18-21-8-4-2-5-9-21)29-26(31)22-10-6-3-7-11-22/h2-15,24H,16-19H2,1H3,(H,28,30)(H,29,31). The lowest BCUT2D eigenvalue weighted by Crippen LogP contribution is -2.44. The van der Waals surface area contributed by atoms with Crippen molar-refractivity contribution < 1.29 is 23.9 Å². The molecular formula is C27H28N2O5. The van der Waals surface area contributed by atoms with Gasteiger partial charge < -0.3 is 20.1 Å².